The van der Waals surface area contributed by atoms with Gasteiger partial charge in [0.25, 0.3) is 0 Å². The number of carbonyl (C=O) groups is 2. The van der Waals surface area contributed by atoms with E-state index in [1.807, 2.05) is 0 Å². The van der Waals surface area contributed by atoms with Crippen LogP contribution in [0, 0.1) is 0 Å². The quantitative estimate of drug-likeness (QED) is 0.0420. The Bertz CT molecular complexity index is 837. The molecule has 0 radical (unpaired) electrons. The van der Waals surface area contributed by atoms with Crippen molar-refractivity contribution in [3.8, 4) is 0 Å². The number of ether oxygens (including phenoxy) is 1. The van der Waals surface area contributed by atoms with E-state index in [-0.39, 0.29) is 24.9 Å². The van der Waals surface area contributed by atoms with E-state index in [4.69, 9.17) is 4.74 Å². The minimum Gasteiger partial charge on any atom is -0.462 e. The zero-order valence-electron chi connectivity index (χ0n) is 39.5. The van der Waals surface area contributed by atoms with Gasteiger partial charge in [-0.25, -0.2) is 0 Å². The summed E-state index contributed by atoms with van der Waals surface area (Å²) in [5, 5.41) is 23.8. The van der Waals surface area contributed by atoms with Crippen LogP contribution in [0.3, 0.4) is 0 Å². The third kappa shape index (κ3) is 41.6. The third-order valence-electron chi connectivity index (χ3n) is 12.4. The number of aliphatic hydroxyl groups excluding tert-OH is 2. The highest BCUT2D eigenvalue weighted by Gasteiger charge is 2.24. The summed E-state index contributed by atoms with van der Waals surface area (Å²) >= 11 is 0. The topological polar surface area (TPSA) is 95.9 Å². The molecule has 0 bridgehead atoms. The first-order valence-corrected chi connectivity index (χ1v) is 26.3. The highest BCUT2D eigenvalue weighted by atomic mass is 16.5. The van der Waals surface area contributed by atoms with E-state index in [1.165, 1.54) is 212 Å². The number of hydrogen-bond acceptors (Lipinski definition) is 5. The summed E-state index contributed by atoms with van der Waals surface area (Å²) in [4.78, 5) is 26.1. The Morgan fingerprint density at radius 2 is 0.724 bits per heavy atom. The highest BCUT2D eigenvalue weighted by Crippen LogP contribution is 2.19. The van der Waals surface area contributed by atoms with Gasteiger partial charge in [-0.1, -0.05) is 258 Å². The summed E-state index contributed by atoms with van der Waals surface area (Å²) in [5.74, 6) is -0.451. The summed E-state index contributed by atoms with van der Waals surface area (Å²) in [6.07, 6.45) is 50.2. The molecule has 0 saturated heterocycles. The molecule has 0 aromatic carbocycles. The maximum atomic E-state index is 13.2. The second-order valence-corrected chi connectivity index (χ2v) is 18.3. The predicted octanol–water partition coefficient (Wildman–Crippen LogP) is 15.6. The first-order valence-electron chi connectivity index (χ1n) is 26.3. The molecule has 3 N–H and O–H groups in total. The van der Waals surface area contributed by atoms with Gasteiger partial charge < -0.3 is 20.3 Å². The Morgan fingerprint density at radius 3 is 1.05 bits per heavy atom. The molecule has 1 amide bonds. The Morgan fingerprint density at radius 1 is 0.431 bits per heavy atom. The van der Waals surface area contributed by atoms with E-state index in [0.29, 0.717) is 19.3 Å². The second-order valence-electron chi connectivity index (χ2n) is 18.3. The summed E-state index contributed by atoms with van der Waals surface area (Å²) in [6, 6.07) is -0.691. The van der Waals surface area contributed by atoms with Crippen LogP contribution in [0.4, 0.5) is 0 Å². The molecule has 0 aliphatic carbocycles. The Kier molecular flexibility index (Phi) is 46.0. The molecule has 346 valence electrons. The van der Waals surface area contributed by atoms with E-state index in [0.717, 1.165) is 38.5 Å². The van der Waals surface area contributed by atoms with Crippen LogP contribution in [0.5, 0.6) is 0 Å². The molecule has 6 nitrogen and oxygen atoms in total. The number of unbranched alkanes of at least 4 members (excludes halogenated alkanes) is 36. The monoisotopic (exact) mass is 822 g/mol. The summed E-state index contributed by atoms with van der Waals surface area (Å²) in [5.41, 5.74) is 0. The normalized spacial score (nSPS) is 13.1. The van der Waals surface area contributed by atoms with Crippen LogP contribution in [-0.2, 0) is 14.3 Å². The third-order valence-corrected chi connectivity index (χ3v) is 12.4. The van der Waals surface area contributed by atoms with Crippen LogP contribution in [-0.4, -0.2) is 46.9 Å². The lowest BCUT2D eigenvalue weighted by molar-refractivity contribution is -0.151. The molecule has 3 atom stereocenters. The zero-order valence-corrected chi connectivity index (χ0v) is 39.5. The van der Waals surface area contributed by atoms with Crippen LogP contribution in [0.1, 0.15) is 297 Å². The number of nitrogens with one attached hydrogen (secondary N) is 1. The standard InChI is InChI=1S/C52H103NO5/c1-4-7-10-13-16-19-22-24-25-27-30-33-36-39-42-45-52(57)58-48(43-40-37-34-31-28-21-18-15-12-9-6-3)46-51(56)53-49(47-54)50(55)44-41-38-35-32-29-26-23-20-17-14-11-8-5-2/h48-50,54-55H,4-47H2,1-3H3,(H,53,56). The van der Waals surface area contributed by atoms with Crippen molar-refractivity contribution < 1.29 is 24.5 Å². The summed E-state index contributed by atoms with van der Waals surface area (Å²) in [6.45, 7) is 6.51. The van der Waals surface area contributed by atoms with E-state index in [1.54, 1.807) is 0 Å². The maximum Gasteiger partial charge on any atom is 0.306 e. The van der Waals surface area contributed by atoms with Crippen molar-refractivity contribution >= 4 is 11.9 Å². The molecule has 0 rings (SSSR count). The molecular formula is C52H103NO5. The predicted molar refractivity (Wildman–Crippen MR) is 250 cm³/mol. The largest absolute Gasteiger partial charge is 0.462 e. The molecule has 0 spiro atoms. The molecule has 0 aromatic rings. The van der Waals surface area contributed by atoms with Gasteiger partial charge in [0.15, 0.2) is 0 Å². The number of carbonyl (C=O) groups excluding carboxylic acids is 2. The van der Waals surface area contributed by atoms with Crippen molar-refractivity contribution in [2.45, 2.75) is 315 Å². The molecule has 0 heterocycles. The highest BCUT2D eigenvalue weighted by molar-refractivity contribution is 5.77. The number of amides is 1. The smallest absolute Gasteiger partial charge is 0.306 e. The molecule has 3 unspecified atom stereocenters. The fraction of sp³-hybridized carbons (Fsp3) is 0.962. The molecule has 0 aliphatic rings. The van der Waals surface area contributed by atoms with Crippen LogP contribution >= 0.6 is 0 Å². The van der Waals surface area contributed by atoms with Gasteiger partial charge in [0.1, 0.15) is 6.10 Å². The van der Waals surface area contributed by atoms with Crippen molar-refractivity contribution in [3.63, 3.8) is 0 Å². The number of hydrogen-bond donors (Lipinski definition) is 3. The van der Waals surface area contributed by atoms with Gasteiger partial charge in [-0.2, -0.15) is 0 Å². The van der Waals surface area contributed by atoms with Crippen LogP contribution in [0.25, 0.3) is 0 Å². The van der Waals surface area contributed by atoms with E-state index in [2.05, 4.69) is 26.1 Å². The fourth-order valence-corrected chi connectivity index (χ4v) is 8.43. The lowest BCUT2D eigenvalue weighted by Gasteiger charge is -2.24. The summed E-state index contributed by atoms with van der Waals surface area (Å²) < 4.78 is 5.94. The fourth-order valence-electron chi connectivity index (χ4n) is 8.43. The Labute approximate surface area is 362 Å². The van der Waals surface area contributed by atoms with E-state index >= 15 is 0 Å². The number of esters is 1. The number of rotatable bonds is 48. The van der Waals surface area contributed by atoms with Crippen LogP contribution in [0.15, 0.2) is 0 Å². The van der Waals surface area contributed by atoms with Crippen molar-refractivity contribution in [3.05, 3.63) is 0 Å². The molecular weight excluding hydrogens is 719 g/mol. The molecule has 6 heteroatoms. The molecule has 0 saturated carbocycles. The minimum absolute atomic E-state index is 0.0876. The van der Waals surface area contributed by atoms with Gasteiger partial charge in [-0.15, -0.1) is 0 Å². The van der Waals surface area contributed by atoms with Crippen molar-refractivity contribution in [2.75, 3.05) is 6.61 Å². The zero-order chi connectivity index (χ0) is 42.4. The van der Waals surface area contributed by atoms with Gasteiger partial charge in [0.2, 0.25) is 5.91 Å². The van der Waals surface area contributed by atoms with Gasteiger partial charge in [0.05, 0.1) is 25.2 Å². The van der Waals surface area contributed by atoms with Gasteiger partial charge in [0, 0.05) is 6.42 Å². The SMILES string of the molecule is CCCCCCCCCCCCCCCCCC(=O)OC(CCCCCCCCCCCCC)CC(=O)NC(CO)C(O)CCCCCCCCCCCCCCC. The average Bonchev–Trinajstić information content (AvgIpc) is 3.22. The minimum atomic E-state index is -0.778. The lowest BCUT2D eigenvalue weighted by atomic mass is 10.0. The summed E-state index contributed by atoms with van der Waals surface area (Å²) in [7, 11) is 0. The molecule has 0 fully saturated rings. The first-order chi connectivity index (χ1) is 28.5. The lowest BCUT2D eigenvalue weighted by Crippen LogP contribution is -2.46. The van der Waals surface area contributed by atoms with Gasteiger partial charge >= 0.3 is 5.97 Å². The van der Waals surface area contributed by atoms with E-state index in [9.17, 15) is 19.8 Å². The van der Waals surface area contributed by atoms with E-state index < -0.39 is 18.2 Å². The van der Waals surface area contributed by atoms with Crippen molar-refractivity contribution in [2.24, 2.45) is 0 Å². The molecule has 0 aromatic heterocycles. The molecule has 58 heavy (non-hydrogen) atoms. The van der Waals surface area contributed by atoms with Crippen LogP contribution < -0.4 is 5.32 Å². The van der Waals surface area contributed by atoms with Crippen LogP contribution in [0.2, 0.25) is 0 Å². The maximum absolute atomic E-state index is 13.2. The van der Waals surface area contributed by atoms with Crippen molar-refractivity contribution in [1.29, 1.82) is 0 Å². The second kappa shape index (κ2) is 46.9. The first kappa shape index (κ1) is 56.9. The average molecular weight is 822 g/mol. The Balaban J connectivity index is 4.47. The van der Waals surface area contributed by atoms with Gasteiger partial charge in [-0.3, -0.25) is 9.59 Å². The molecule has 0 aliphatic heterocycles. The Hall–Kier alpha value is -1.14. The van der Waals surface area contributed by atoms with Crippen molar-refractivity contribution in [1.82, 2.24) is 5.32 Å². The van der Waals surface area contributed by atoms with Gasteiger partial charge in [-0.05, 0) is 25.7 Å². The number of aliphatic hydroxyl groups is 2.